The highest BCUT2D eigenvalue weighted by atomic mass is 19.3. The molecule has 1 aliphatic rings. The summed E-state index contributed by atoms with van der Waals surface area (Å²) in [4.78, 5) is 15.1. The van der Waals surface area contributed by atoms with E-state index in [9.17, 15) is 13.6 Å². The standard InChI is InChI=1S/C16H18F2N2O2/c1-9-5-12-10(7-13(9)22-15(17)18)6-11(20-12)8-19-14(21)16(2)3-4-16/h5-7,15,20H,3-4,8H2,1-2H3,(H,19,21). The Morgan fingerprint density at radius 3 is 2.77 bits per heavy atom. The van der Waals surface area contributed by atoms with Gasteiger partial charge in [-0.15, -0.1) is 0 Å². The zero-order valence-electron chi connectivity index (χ0n) is 12.5. The quantitative estimate of drug-likeness (QED) is 0.888. The van der Waals surface area contributed by atoms with Gasteiger partial charge in [-0.25, -0.2) is 0 Å². The molecule has 0 unspecified atom stereocenters. The summed E-state index contributed by atoms with van der Waals surface area (Å²) < 4.78 is 29.2. The van der Waals surface area contributed by atoms with Crippen LogP contribution in [0.15, 0.2) is 18.2 Å². The highest BCUT2D eigenvalue weighted by Crippen LogP contribution is 2.45. The van der Waals surface area contributed by atoms with Crippen molar-refractivity contribution in [2.45, 2.75) is 39.8 Å². The fourth-order valence-corrected chi connectivity index (χ4v) is 2.45. The largest absolute Gasteiger partial charge is 0.435 e. The number of carbonyl (C=O) groups is 1. The summed E-state index contributed by atoms with van der Waals surface area (Å²) in [7, 11) is 0. The maximum Gasteiger partial charge on any atom is 0.387 e. The lowest BCUT2D eigenvalue weighted by Crippen LogP contribution is -2.29. The number of aromatic nitrogens is 1. The van der Waals surface area contributed by atoms with Crippen molar-refractivity contribution in [2.24, 2.45) is 5.41 Å². The minimum atomic E-state index is -2.84. The average Bonchev–Trinajstić information content (AvgIpc) is 3.07. The van der Waals surface area contributed by atoms with Gasteiger partial charge in [-0.1, -0.05) is 6.92 Å². The monoisotopic (exact) mass is 308 g/mol. The number of halogens is 2. The second-order valence-corrected chi connectivity index (χ2v) is 6.12. The number of aromatic amines is 1. The molecule has 2 N–H and O–H groups in total. The summed E-state index contributed by atoms with van der Waals surface area (Å²) in [6, 6.07) is 5.18. The van der Waals surface area contributed by atoms with Crippen LogP contribution in [0.2, 0.25) is 0 Å². The molecule has 1 fully saturated rings. The number of carbonyl (C=O) groups excluding carboxylic acids is 1. The number of aryl methyl sites for hydroxylation is 1. The van der Waals surface area contributed by atoms with Crippen LogP contribution in [0.3, 0.4) is 0 Å². The molecule has 0 saturated heterocycles. The van der Waals surface area contributed by atoms with Crippen LogP contribution in [0.1, 0.15) is 31.0 Å². The van der Waals surface area contributed by atoms with Crippen LogP contribution >= 0.6 is 0 Å². The molecule has 6 heteroatoms. The van der Waals surface area contributed by atoms with Crippen molar-refractivity contribution >= 4 is 16.8 Å². The van der Waals surface area contributed by atoms with Gasteiger partial charge in [-0.05, 0) is 43.5 Å². The lowest BCUT2D eigenvalue weighted by molar-refractivity contribution is -0.125. The molecule has 0 atom stereocenters. The van der Waals surface area contributed by atoms with Crippen molar-refractivity contribution in [3.05, 3.63) is 29.5 Å². The fraction of sp³-hybridized carbons (Fsp3) is 0.438. The van der Waals surface area contributed by atoms with Crippen molar-refractivity contribution in [1.29, 1.82) is 0 Å². The van der Waals surface area contributed by atoms with Crippen molar-refractivity contribution < 1.29 is 18.3 Å². The second kappa shape index (κ2) is 5.26. The van der Waals surface area contributed by atoms with Crippen LogP contribution in [0.4, 0.5) is 8.78 Å². The van der Waals surface area contributed by atoms with E-state index in [1.54, 1.807) is 19.1 Å². The van der Waals surface area contributed by atoms with Crippen molar-refractivity contribution in [2.75, 3.05) is 0 Å². The third-order valence-electron chi connectivity index (χ3n) is 4.18. The normalized spacial score (nSPS) is 16.0. The Bertz CT molecular complexity index is 720. The Balaban J connectivity index is 1.76. The van der Waals surface area contributed by atoms with E-state index in [0.717, 1.165) is 29.4 Å². The van der Waals surface area contributed by atoms with Gasteiger partial charge < -0.3 is 15.0 Å². The first kappa shape index (κ1) is 14.8. The molecular formula is C16H18F2N2O2. The molecular weight excluding hydrogens is 290 g/mol. The highest BCUT2D eigenvalue weighted by molar-refractivity contribution is 5.85. The van der Waals surface area contributed by atoms with Gasteiger partial charge in [0.1, 0.15) is 5.75 Å². The second-order valence-electron chi connectivity index (χ2n) is 6.12. The third kappa shape index (κ3) is 2.91. The minimum Gasteiger partial charge on any atom is -0.435 e. The predicted molar refractivity (Wildman–Crippen MR) is 78.9 cm³/mol. The smallest absolute Gasteiger partial charge is 0.387 e. The summed E-state index contributed by atoms with van der Waals surface area (Å²) in [5.41, 5.74) is 2.10. The Morgan fingerprint density at radius 2 is 2.14 bits per heavy atom. The van der Waals surface area contributed by atoms with Gasteiger partial charge in [0, 0.05) is 22.0 Å². The van der Waals surface area contributed by atoms with E-state index in [1.165, 1.54) is 0 Å². The number of H-pyrrole nitrogens is 1. The van der Waals surface area contributed by atoms with E-state index < -0.39 is 6.61 Å². The maximum absolute atomic E-state index is 12.4. The Morgan fingerprint density at radius 1 is 1.41 bits per heavy atom. The number of alkyl halides is 2. The first-order chi connectivity index (χ1) is 10.4. The van der Waals surface area contributed by atoms with E-state index in [0.29, 0.717) is 12.1 Å². The van der Waals surface area contributed by atoms with Gasteiger partial charge in [-0.2, -0.15) is 8.78 Å². The van der Waals surface area contributed by atoms with E-state index in [4.69, 9.17) is 0 Å². The number of nitrogens with one attached hydrogen (secondary N) is 2. The third-order valence-corrected chi connectivity index (χ3v) is 4.18. The molecule has 118 valence electrons. The predicted octanol–water partition coefficient (Wildman–Crippen LogP) is 3.49. The van der Waals surface area contributed by atoms with Crippen LogP contribution in [0.5, 0.6) is 5.75 Å². The van der Waals surface area contributed by atoms with E-state index in [2.05, 4.69) is 15.0 Å². The molecule has 1 heterocycles. The first-order valence-corrected chi connectivity index (χ1v) is 7.23. The first-order valence-electron chi connectivity index (χ1n) is 7.23. The molecule has 4 nitrogen and oxygen atoms in total. The molecule has 0 radical (unpaired) electrons. The molecule has 3 rings (SSSR count). The average molecular weight is 308 g/mol. The number of rotatable bonds is 5. The lowest BCUT2D eigenvalue weighted by atomic mass is 10.1. The minimum absolute atomic E-state index is 0.0593. The van der Waals surface area contributed by atoms with Crippen LogP contribution in [0.25, 0.3) is 10.9 Å². The molecule has 1 aromatic carbocycles. The molecule has 1 amide bonds. The SMILES string of the molecule is Cc1cc2[nH]c(CNC(=O)C3(C)CC3)cc2cc1OC(F)F. The fourth-order valence-electron chi connectivity index (χ4n) is 2.45. The number of hydrogen-bond donors (Lipinski definition) is 2. The Hall–Kier alpha value is -2.11. The number of benzene rings is 1. The summed E-state index contributed by atoms with van der Waals surface area (Å²) in [5.74, 6) is 0.228. The maximum atomic E-state index is 12.4. The van der Waals surface area contributed by atoms with E-state index in [-0.39, 0.29) is 17.1 Å². The number of hydrogen-bond acceptors (Lipinski definition) is 2. The zero-order valence-corrected chi connectivity index (χ0v) is 12.5. The number of amides is 1. The summed E-state index contributed by atoms with van der Waals surface area (Å²) in [5, 5.41) is 3.68. The van der Waals surface area contributed by atoms with Crippen molar-refractivity contribution in [3.8, 4) is 5.75 Å². The van der Waals surface area contributed by atoms with Gasteiger partial charge in [0.05, 0.1) is 6.54 Å². The zero-order chi connectivity index (χ0) is 15.9. The van der Waals surface area contributed by atoms with Crippen LogP contribution in [-0.2, 0) is 11.3 Å². The van der Waals surface area contributed by atoms with Crippen LogP contribution in [0, 0.1) is 12.3 Å². The summed E-state index contributed by atoms with van der Waals surface area (Å²) in [6.45, 7) is 1.22. The lowest BCUT2D eigenvalue weighted by Gasteiger charge is -2.08. The Labute approximate surface area is 126 Å². The number of ether oxygens (including phenoxy) is 1. The van der Waals surface area contributed by atoms with Gasteiger partial charge in [0.2, 0.25) is 5.91 Å². The van der Waals surface area contributed by atoms with Crippen molar-refractivity contribution in [3.63, 3.8) is 0 Å². The molecule has 1 aromatic heterocycles. The van der Waals surface area contributed by atoms with Gasteiger partial charge in [-0.3, -0.25) is 4.79 Å². The van der Waals surface area contributed by atoms with Crippen molar-refractivity contribution in [1.82, 2.24) is 10.3 Å². The molecule has 2 aromatic rings. The summed E-state index contributed by atoms with van der Waals surface area (Å²) in [6.07, 6.45) is 1.86. The van der Waals surface area contributed by atoms with E-state index >= 15 is 0 Å². The Kier molecular flexibility index (Phi) is 3.54. The van der Waals surface area contributed by atoms with Gasteiger partial charge in [0.25, 0.3) is 0 Å². The van der Waals surface area contributed by atoms with Gasteiger partial charge in [0.15, 0.2) is 0 Å². The van der Waals surface area contributed by atoms with Crippen LogP contribution in [-0.4, -0.2) is 17.5 Å². The van der Waals surface area contributed by atoms with E-state index in [1.807, 2.05) is 13.0 Å². The topological polar surface area (TPSA) is 54.1 Å². The highest BCUT2D eigenvalue weighted by Gasteiger charge is 2.44. The summed E-state index contributed by atoms with van der Waals surface area (Å²) >= 11 is 0. The number of fused-ring (bicyclic) bond motifs is 1. The molecule has 1 saturated carbocycles. The van der Waals surface area contributed by atoms with Gasteiger partial charge >= 0.3 is 6.61 Å². The molecule has 0 aliphatic heterocycles. The molecule has 0 bridgehead atoms. The van der Waals surface area contributed by atoms with Crippen LogP contribution < -0.4 is 10.1 Å². The molecule has 22 heavy (non-hydrogen) atoms. The molecule has 1 aliphatic carbocycles. The molecule has 0 spiro atoms.